The van der Waals surface area contributed by atoms with Gasteiger partial charge in [0.05, 0.1) is 0 Å². The van der Waals surface area contributed by atoms with Crippen LogP contribution >= 0.6 is 0 Å². The number of phenols is 1. The van der Waals surface area contributed by atoms with Gasteiger partial charge in [-0.1, -0.05) is 48.5 Å². The van der Waals surface area contributed by atoms with Gasteiger partial charge in [-0.3, -0.25) is 0 Å². The van der Waals surface area contributed by atoms with E-state index in [9.17, 15) is 10.0 Å². The minimum absolute atomic E-state index is 0.258. The summed E-state index contributed by atoms with van der Waals surface area (Å²) in [6.45, 7) is 0. The Morgan fingerprint density at radius 3 is 2.12 bits per heavy atom. The second-order valence-corrected chi connectivity index (χ2v) is 6.25. The summed E-state index contributed by atoms with van der Waals surface area (Å²) in [7, 11) is 0. The first-order chi connectivity index (χ1) is 11.7. The molecular formula is C21H17NO2. The lowest BCUT2D eigenvalue weighted by molar-refractivity contribution is 0.474. The van der Waals surface area contributed by atoms with Crippen LogP contribution in [0.2, 0.25) is 0 Å². The number of hydrogen-bond acceptors (Lipinski definition) is 3. The molecule has 1 atom stereocenters. The average molecular weight is 315 g/mol. The Morgan fingerprint density at radius 1 is 0.833 bits per heavy atom. The third kappa shape index (κ3) is 2.13. The summed E-state index contributed by atoms with van der Waals surface area (Å²) in [5.74, 6) is 0.265. The van der Waals surface area contributed by atoms with Gasteiger partial charge in [0.1, 0.15) is 11.4 Å². The van der Waals surface area contributed by atoms with Gasteiger partial charge in [0.25, 0.3) is 0 Å². The van der Waals surface area contributed by atoms with Crippen molar-refractivity contribution < 1.29 is 5.11 Å². The van der Waals surface area contributed by atoms with Crippen molar-refractivity contribution in [1.82, 2.24) is 0 Å². The topological polar surface area (TPSA) is 49.7 Å². The van der Waals surface area contributed by atoms with E-state index < -0.39 is 0 Å². The predicted molar refractivity (Wildman–Crippen MR) is 94.6 cm³/mol. The van der Waals surface area contributed by atoms with Crippen LogP contribution in [-0.2, 0) is 11.8 Å². The van der Waals surface area contributed by atoms with Crippen molar-refractivity contribution in [2.45, 2.75) is 18.3 Å². The minimum Gasteiger partial charge on any atom is -0.508 e. The van der Waals surface area contributed by atoms with E-state index in [4.69, 9.17) is 0 Å². The molecule has 1 N–H and O–H groups in total. The lowest BCUT2D eigenvalue weighted by Gasteiger charge is -2.32. The van der Waals surface area contributed by atoms with Crippen LogP contribution in [0.15, 0.2) is 78.0 Å². The van der Waals surface area contributed by atoms with Crippen molar-refractivity contribution in [2.75, 3.05) is 0 Å². The summed E-state index contributed by atoms with van der Waals surface area (Å²) >= 11 is 0. The van der Waals surface area contributed by atoms with E-state index in [0.717, 1.165) is 24.0 Å². The van der Waals surface area contributed by atoms with Gasteiger partial charge in [0.15, 0.2) is 0 Å². The molecular weight excluding hydrogens is 298 g/mol. The van der Waals surface area contributed by atoms with Crippen LogP contribution in [0.3, 0.4) is 0 Å². The molecule has 0 heterocycles. The molecule has 0 saturated heterocycles. The molecule has 0 amide bonds. The number of aryl methyl sites for hydroxylation is 1. The Bertz CT molecular complexity index is 884. The normalized spacial score (nSPS) is 19.0. The first-order valence-electron chi connectivity index (χ1n) is 8.06. The smallest absolute Gasteiger partial charge is 0.115 e. The Labute approximate surface area is 140 Å². The molecule has 24 heavy (non-hydrogen) atoms. The van der Waals surface area contributed by atoms with Crippen molar-refractivity contribution in [3.8, 4) is 5.75 Å². The highest BCUT2D eigenvalue weighted by Gasteiger charge is 2.41. The fraction of sp³-hybridized carbons (Fsp3) is 0.143. The highest BCUT2D eigenvalue weighted by Crippen LogP contribution is 2.49. The van der Waals surface area contributed by atoms with Crippen molar-refractivity contribution >= 4 is 5.69 Å². The molecule has 0 spiro atoms. The largest absolute Gasteiger partial charge is 0.508 e. The van der Waals surface area contributed by atoms with E-state index in [-0.39, 0.29) is 11.2 Å². The number of rotatable bonds is 3. The Hall–Kier alpha value is -2.94. The zero-order valence-corrected chi connectivity index (χ0v) is 13.1. The highest BCUT2D eigenvalue weighted by molar-refractivity contribution is 5.58. The molecule has 0 fully saturated rings. The second-order valence-electron chi connectivity index (χ2n) is 6.25. The minimum atomic E-state index is -0.258. The molecule has 4 rings (SSSR count). The monoisotopic (exact) mass is 315 g/mol. The van der Waals surface area contributed by atoms with Gasteiger partial charge < -0.3 is 5.11 Å². The molecule has 3 aromatic rings. The van der Waals surface area contributed by atoms with Crippen LogP contribution in [0.4, 0.5) is 5.69 Å². The van der Waals surface area contributed by atoms with E-state index in [2.05, 4.69) is 29.4 Å². The third-order valence-corrected chi connectivity index (χ3v) is 5.07. The SMILES string of the molecule is O=Nc1ccc(C2(c3ccc(O)cc3)CCc3ccccc32)cc1. The van der Waals surface area contributed by atoms with Gasteiger partial charge >= 0.3 is 0 Å². The molecule has 1 aliphatic rings. The Kier molecular flexibility index (Phi) is 3.42. The molecule has 0 radical (unpaired) electrons. The van der Waals surface area contributed by atoms with Crippen LogP contribution in [0.25, 0.3) is 0 Å². The van der Waals surface area contributed by atoms with E-state index in [0.29, 0.717) is 5.69 Å². The second kappa shape index (κ2) is 5.60. The lowest BCUT2D eigenvalue weighted by Crippen LogP contribution is -2.26. The first kappa shape index (κ1) is 14.6. The number of nitrogens with zero attached hydrogens (tertiary/aromatic N) is 1. The first-order valence-corrected chi connectivity index (χ1v) is 8.06. The van der Waals surface area contributed by atoms with Crippen LogP contribution in [0.1, 0.15) is 28.7 Å². The molecule has 0 aliphatic heterocycles. The maximum atomic E-state index is 10.7. The summed E-state index contributed by atoms with van der Waals surface area (Å²) in [5.41, 5.74) is 5.12. The fourth-order valence-corrected chi connectivity index (χ4v) is 3.93. The summed E-state index contributed by atoms with van der Waals surface area (Å²) in [6, 6.07) is 23.5. The fourth-order valence-electron chi connectivity index (χ4n) is 3.93. The number of hydrogen-bond donors (Lipinski definition) is 1. The molecule has 3 heteroatoms. The van der Waals surface area contributed by atoms with Gasteiger partial charge in [-0.2, -0.15) is 0 Å². The van der Waals surface area contributed by atoms with Gasteiger partial charge in [-0.05, 0) is 64.5 Å². The van der Waals surface area contributed by atoms with Crippen molar-refractivity contribution in [3.63, 3.8) is 0 Å². The molecule has 1 unspecified atom stereocenters. The van der Waals surface area contributed by atoms with Crippen molar-refractivity contribution in [3.05, 3.63) is 100.0 Å². The number of phenolic OH excluding ortho intramolecular Hbond substituents is 1. The van der Waals surface area contributed by atoms with E-state index >= 15 is 0 Å². The summed E-state index contributed by atoms with van der Waals surface area (Å²) in [5, 5.41) is 12.7. The molecule has 3 aromatic carbocycles. The van der Waals surface area contributed by atoms with Crippen molar-refractivity contribution in [2.24, 2.45) is 5.18 Å². The average Bonchev–Trinajstić information content (AvgIpc) is 3.03. The number of benzene rings is 3. The number of aromatic hydroxyl groups is 1. The molecule has 1 aliphatic carbocycles. The van der Waals surface area contributed by atoms with Gasteiger partial charge in [0.2, 0.25) is 0 Å². The zero-order chi connectivity index (χ0) is 16.6. The zero-order valence-electron chi connectivity index (χ0n) is 13.1. The predicted octanol–water partition coefficient (Wildman–Crippen LogP) is 5.07. The van der Waals surface area contributed by atoms with E-state index in [1.807, 2.05) is 24.3 Å². The third-order valence-electron chi connectivity index (χ3n) is 5.07. The van der Waals surface area contributed by atoms with E-state index in [1.165, 1.54) is 11.1 Å². The van der Waals surface area contributed by atoms with Crippen LogP contribution < -0.4 is 0 Å². The quantitative estimate of drug-likeness (QED) is 0.686. The van der Waals surface area contributed by atoms with Crippen LogP contribution in [0.5, 0.6) is 5.75 Å². The Balaban J connectivity index is 1.96. The van der Waals surface area contributed by atoms with Crippen molar-refractivity contribution in [1.29, 1.82) is 0 Å². The molecule has 118 valence electrons. The molecule has 3 nitrogen and oxygen atoms in total. The summed E-state index contributed by atoms with van der Waals surface area (Å²) in [6.07, 6.45) is 1.97. The molecule has 0 aromatic heterocycles. The molecule has 0 bridgehead atoms. The lowest BCUT2D eigenvalue weighted by atomic mass is 9.70. The maximum absolute atomic E-state index is 10.7. The number of nitroso groups, excluding NO2 is 1. The van der Waals surface area contributed by atoms with E-state index in [1.54, 1.807) is 24.3 Å². The Morgan fingerprint density at radius 2 is 1.46 bits per heavy atom. The number of fused-ring (bicyclic) bond motifs is 1. The summed E-state index contributed by atoms with van der Waals surface area (Å²) in [4.78, 5) is 10.7. The van der Waals surface area contributed by atoms with Gasteiger partial charge in [-0.15, -0.1) is 4.91 Å². The van der Waals surface area contributed by atoms with Gasteiger partial charge in [0, 0.05) is 5.41 Å². The standard InChI is InChI=1S/C21H17NO2/c23-19-11-7-17(8-12-19)21(16-5-9-18(22-24)10-6-16)14-13-15-3-1-2-4-20(15)21/h1-12,23H,13-14H2. The molecule has 0 saturated carbocycles. The summed E-state index contributed by atoms with van der Waals surface area (Å²) < 4.78 is 0. The van der Waals surface area contributed by atoms with Crippen LogP contribution in [-0.4, -0.2) is 5.11 Å². The highest BCUT2D eigenvalue weighted by atomic mass is 16.3. The maximum Gasteiger partial charge on any atom is 0.115 e. The van der Waals surface area contributed by atoms with Gasteiger partial charge in [-0.25, -0.2) is 0 Å². The van der Waals surface area contributed by atoms with Crippen LogP contribution in [0, 0.1) is 4.91 Å².